The van der Waals surface area contributed by atoms with Crippen molar-refractivity contribution >= 4 is 21.8 Å². The summed E-state index contributed by atoms with van der Waals surface area (Å²) in [5.41, 5.74) is 33.4. The van der Waals surface area contributed by atoms with Gasteiger partial charge in [0.1, 0.15) is 0 Å². The molecule has 2 radical (unpaired) electrons. The fraction of sp³-hybridized carbons (Fsp3) is 0.271. The summed E-state index contributed by atoms with van der Waals surface area (Å²) in [7, 11) is 0. The van der Waals surface area contributed by atoms with Crippen molar-refractivity contribution in [1.29, 1.82) is 0 Å². The molecular formula is C118H131Ir2N5-4. The maximum absolute atomic E-state index is 4.62. The molecule has 16 aromatic rings. The van der Waals surface area contributed by atoms with Crippen LogP contribution >= 0.6 is 0 Å². The average molecular weight is 2000 g/mol. The SMILES string of the molecule is C.C.CC.CCC.CCC.CCCCCCCCC1(CCCCCCCC)c2cc(C)ccc2-c2ccc(-c3c[c-]c(-c4ccc(C)cn4)cc3)cc21.Cc1ccc(-c2[c-]cc(-c3ccc4c5ccc(C)cc5n(-c5ccccc5)c4c3)cc2)nc1.[Ir].[Ir].[c-]1ccccc1-c1ccccn1.[c-]1ccccc1-c1ccccn1.c1ccc2c(c1)Cc1ccccc1-2. The van der Waals surface area contributed by atoms with Crippen LogP contribution in [0.1, 0.15) is 217 Å². The molecule has 0 amide bonds. The molecule has 0 bridgehead atoms. The Bertz CT molecular complexity index is 5520. The fourth-order valence-electron chi connectivity index (χ4n) is 16.0. The van der Waals surface area contributed by atoms with Gasteiger partial charge in [-0.25, -0.2) is 0 Å². The summed E-state index contributed by atoms with van der Waals surface area (Å²) in [6.45, 7) is 25.7. The van der Waals surface area contributed by atoms with Gasteiger partial charge in [0, 0.05) is 86.9 Å². The van der Waals surface area contributed by atoms with Crippen molar-refractivity contribution in [3.8, 4) is 95.2 Å². The molecule has 0 saturated heterocycles. The van der Waals surface area contributed by atoms with Crippen molar-refractivity contribution in [3.05, 3.63) is 391 Å². The maximum Gasteiger partial charge on any atom is 0.0543 e. The zero-order valence-electron chi connectivity index (χ0n) is 74.5. The van der Waals surface area contributed by atoms with Crippen LogP contribution in [-0.4, -0.2) is 24.5 Å². The molecule has 650 valence electrons. The Morgan fingerprint density at radius 1 is 0.320 bits per heavy atom. The van der Waals surface area contributed by atoms with E-state index >= 15 is 0 Å². The van der Waals surface area contributed by atoms with Gasteiger partial charge in [0.05, 0.1) is 11.0 Å². The molecule has 11 aromatic carbocycles. The molecule has 0 atom stereocenters. The van der Waals surface area contributed by atoms with E-state index in [-0.39, 0.29) is 60.5 Å². The Balaban J connectivity index is 0.000000228. The number of benzene rings is 11. The Labute approximate surface area is 779 Å². The predicted molar refractivity (Wildman–Crippen MR) is 532 cm³/mol. The third kappa shape index (κ3) is 27.6. The molecule has 2 aliphatic rings. The van der Waals surface area contributed by atoms with Gasteiger partial charge < -0.3 is 24.5 Å². The van der Waals surface area contributed by atoms with Crippen LogP contribution in [0, 0.1) is 52.0 Å². The molecule has 5 nitrogen and oxygen atoms in total. The van der Waals surface area contributed by atoms with Crippen molar-refractivity contribution in [2.75, 3.05) is 0 Å². The third-order valence-electron chi connectivity index (χ3n) is 22.0. The minimum absolute atomic E-state index is 0. The molecule has 7 heteroatoms. The smallest absolute Gasteiger partial charge is 0.0543 e. The summed E-state index contributed by atoms with van der Waals surface area (Å²) in [5.74, 6) is 0. The van der Waals surface area contributed by atoms with Crippen LogP contribution in [0.4, 0.5) is 0 Å². The molecule has 5 heterocycles. The van der Waals surface area contributed by atoms with E-state index in [0.29, 0.717) is 0 Å². The van der Waals surface area contributed by atoms with E-state index in [9.17, 15) is 0 Å². The van der Waals surface area contributed by atoms with Crippen LogP contribution in [0.15, 0.2) is 322 Å². The molecule has 18 rings (SSSR count). The molecule has 125 heavy (non-hydrogen) atoms. The van der Waals surface area contributed by atoms with Crippen LogP contribution < -0.4 is 0 Å². The second-order valence-corrected chi connectivity index (χ2v) is 31.7. The number of nitrogens with zero attached hydrogens (tertiary/aromatic N) is 5. The number of para-hydroxylation sites is 1. The zero-order chi connectivity index (χ0) is 85.0. The minimum Gasteiger partial charge on any atom is -0.309 e. The van der Waals surface area contributed by atoms with E-state index in [1.54, 1.807) is 23.5 Å². The summed E-state index contributed by atoms with van der Waals surface area (Å²) in [4.78, 5) is 17.6. The third-order valence-corrected chi connectivity index (χ3v) is 22.0. The first-order valence-electron chi connectivity index (χ1n) is 44.6. The van der Waals surface area contributed by atoms with Crippen LogP contribution in [0.3, 0.4) is 0 Å². The van der Waals surface area contributed by atoms with Crippen molar-refractivity contribution in [3.63, 3.8) is 0 Å². The van der Waals surface area contributed by atoms with Gasteiger partial charge in [-0.2, -0.15) is 0 Å². The molecule has 0 aliphatic heterocycles. The van der Waals surface area contributed by atoms with Gasteiger partial charge in [0.15, 0.2) is 0 Å². The van der Waals surface area contributed by atoms with Crippen LogP contribution in [-0.2, 0) is 52.0 Å². The molecule has 2 aliphatic carbocycles. The monoisotopic (exact) mass is 2000 g/mol. The first-order chi connectivity index (χ1) is 59.4. The number of rotatable bonds is 21. The number of hydrogen-bond donors (Lipinski definition) is 0. The second kappa shape index (κ2) is 53.4. The molecule has 0 saturated carbocycles. The molecule has 0 spiro atoms. The second-order valence-electron chi connectivity index (χ2n) is 31.7. The van der Waals surface area contributed by atoms with E-state index in [1.165, 1.54) is 197 Å². The predicted octanol–water partition coefficient (Wildman–Crippen LogP) is 34.0. The van der Waals surface area contributed by atoms with Gasteiger partial charge in [-0.05, 0) is 167 Å². The van der Waals surface area contributed by atoms with Crippen molar-refractivity contribution < 1.29 is 40.2 Å². The molecule has 0 fully saturated rings. The van der Waals surface area contributed by atoms with Crippen molar-refractivity contribution in [2.24, 2.45) is 0 Å². The van der Waals surface area contributed by atoms with Crippen molar-refractivity contribution in [1.82, 2.24) is 24.5 Å². The van der Waals surface area contributed by atoms with Crippen molar-refractivity contribution in [2.45, 2.75) is 213 Å². The molecule has 0 N–H and O–H groups in total. The summed E-state index contributed by atoms with van der Waals surface area (Å²) < 4.78 is 2.37. The Kier molecular flexibility index (Phi) is 43.3. The fourth-order valence-corrected chi connectivity index (χ4v) is 16.0. The number of unbranched alkanes of at least 4 members (excludes halogenated alkanes) is 10. The first kappa shape index (κ1) is 101. The topological polar surface area (TPSA) is 56.5 Å². The number of hydrogen-bond acceptors (Lipinski definition) is 4. The Morgan fingerprint density at radius 3 is 1.16 bits per heavy atom. The number of pyridine rings is 4. The molecule has 0 unspecified atom stereocenters. The summed E-state index contributed by atoms with van der Waals surface area (Å²) in [6.07, 6.45) is 29.7. The molecule has 5 aromatic heterocycles. The van der Waals surface area contributed by atoms with Gasteiger partial charge in [-0.1, -0.05) is 364 Å². The van der Waals surface area contributed by atoms with E-state index in [2.05, 4.69) is 324 Å². The number of aryl methyl sites for hydroxylation is 4. The number of aromatic nitrogens is 5. The first-order valence-corrected chi connectivity index (χ1v) is 44.6. The van der Waals surface area contributed by atoms with Gasteiger partial charge in [0.25, 0.3) is 0 Å². The van der Waals surface area contributed by atoms with Crippen LogP contribution in [0.25, 0.3) is 117 Å². The molecular weight excluding hydrogens is 1870 g/mol. The quantitative estimate of drug-likeness (QED) is 0.0531. The average Bonchev–Trinajstić information content (AvgIpc) is 1.56. The van der Waals surface area contributed by atoms with Gasteiger partial charge >= 0.3 is 0 Å². The maximum atomic E-state index is 4.62. The summed E-state index contributed by atoms with van der Waals surface area (Å²) in [6, 6.07) is 118. The van der Waals surface area contributed by atoms with Gasteiger partial charge in [0.2, 0.25) is 0 Å². The van der Waals surface area contributed by atoms with Gasteiger partial charge in [-0.15, -0.1) is 131 Å². The summed E-state index contributed by atoms with van der Waals surface area (Å²) in [5, 5.41) is 2.54. The Morgan fingerprint density at radius 2 is 0.704 bits per heavy atom. The normalized spacial score (nSPS) is 11.0. The van der Waals surface area contributed by atoms with E-state index in [4.69, 9.17) is 0 Å². The standard InChI is InChI=1S/C42H52N.C31H23N2.C13H10.2C11H8N.2C3H8.C2H6.2CH4.2Ir/c1-5-7-9-11-13-15-27-42(28-16-14-12-10-8-6-2)39-29-32(3)17-24-37(39)38-25-23-36(30-40(38)42)34-19-21-35(22-20-34)41-26-18-33(4)31-43-41;1-21-8-15-27-28-16-14-25(19-31(28)33(30(27)18-21)26-6-4-3-5-7-26)23-10-12-24(13-11-23)29-17-9-22(2)20-32-29;1-3-7-12-10(5-1)9-11-6-2-4-8-13(11)12;2*1-2-6-10(7-3-1)11-8-4-5-9-12-11;2*1-3-2;1-2;;;;/h17-21,23-26,29-31H,5-16,27-28H2,1-4H3;3-12,14-20H,1-2H3;1-8H,9H2;2*1-6,8-9H;2*3H2,1-2H3;1-2H3;2*1H4;;/q2*-1;;2*-1;;;;;;;. The largest absolute Gasteiger partial charge is 0.309 e. The zero-order valence-corrected chi connectivity index (χ0v) is 79.3. The van der Waals surface area contributed by atoms with E-state index in [1.807, 2.05) is 117 Å². The van der Waals surface area contributed by atoms with Crippen LogP contribution in [0.5, 0.6) is 0 Å². The number of fused-ring (bicyclic) bond motifs is 9. The van der Waals surface area contributed by atoms with E-state index < -0.39 is 0 Å². The summed E-state index contributed by atoms with van der Waals surface area (Å²) >= 11 is 0. The Hall–Kier alpha value is -10.9. The van der Waals surface area contributed by atoms with Gasteiger partial charge in [-0.3, -0.25) is 0 Å². The van der Waals surface area contributed by atoms with Crippen LogP contribution in [0.2, 0.25) is 0 Å². The van der Waals surface area contributed by atoms with E-state index in [0.717, 1.165) is 62.6 Å². The minimum atomic E-state index is 0.